The quantitative estimate of drug-likeness (QED) is 0.0424. The average molecular weight is 1480 g/mol. The van der Waals surface area contributed by atoms with Crippen LogP contribution in [-0.4, -0.2) is 221 Å². The summed E-state index contributed by atoms with van der Waals surface area (Å²) < 4.78 is 62.7. The zero-order valence-corrected chi connectivity index (χ0v) is 58.3. The summed E-state index contributed by atoms with van der Waals surface area (Å²) in [7, 11) is 5.51. The molecular weight excluding hydrogens is 1380 g/mol. The molecule has 10 aliphatic heterocycles. The first kappa shape index (κ1) is 73.0. The van der Waals surface area contributed by atoms with Gasteiger partial charge in [0.15, 0.2) is 5.79 Å². The van der Waals surface area contributed by atoms with Crippen molar-refractivity contribution < 1.29 is 110 Å². The summed E-state index contributed by atoms with van der Waals surface area (Å²) in [6.45, 7) is 15.6. The van der Waals surface area contributed by atoms with E-state index in [0.29, 0.717) is 69.2 Å². The monoisotopic (exact) mass is 1470 g/mol. The first-order chi connectivity index (χ1) is 44.7. The number of methoxy groups -OCH3 is 1. The fourth-order valence-corrected chi connectivity index (χ4v) is 15.8. The Balaban J connectivity index is 0.00000964. The van der Waals surface area contributed by atoms with Gasteiger partial charge in [0.2, 0.25) is 23.6 Å². The molecule has 1 spiro atoms. The summed E-state index contributed by atoms with van der Waals surface area (Å²) in [5, 5.41) is 31.5. The van der Waals surface area contributed by atoms with E-state index in [2.05, 4.69) is 61.6 Å². The van der Waals surface area contributed by atoms with Crippen molar-refractivity contribution in [3.8, 4) is 11.3 Å². The minimum atomic E-state index is -1.10. The van der Waals surface area contributed by atoms with Crippen LogP contribution in [0.4, 0.5) is 0 Å². The fraction of sp³-hybridized carbons (Fsp3) is 0.776. The molecule has 21 atom stereocenters. The summed E-state index contributed by atoms with van der Waals surface area (Å²) in [5.74, 6) is -3.29. The van der Waals surface area contributed by atoms with Crippen molar-refractivity contribution in [3.63, 3.8) is 0 Å². The maximum Gasteiger partial charge on any atom is 0.243 e. The van der Waals surface area contributed by atoms with Crippen LogP contribution < -0.4 is 21.3 Å². The number of carbonyl (C=O) groups is 5. The van der Waals surface area contributed by atoms with Crippen LogP contribution in [0, 0.1) is 56.4 Å². The van der Waals surface area contributed by atoms with Crippen LogP contribution in [0.25, 0.3) is 11.3 Å². The Labute approximate surface area is 588 Å². The van der Waals surface area contributed by atoms with E-state index in [1.807, 2.05) is 39.0 Å². The third-order valence-corrected chi connectivity index (χ3v) is 20.9. The Morgan fingerprint density at radius 1 is 0.798 bits per heavy atom. The van der Waals surface area contributed by atoms with Crippen LogP contribution in [0.3, 0.4) is 0 Å². The van der Waals surface area contributed by atoms with Gasteiger partial charge in [0, 0.05) is 133 Å². The molecule has 10 saturated heterocycles. The first-order valence-corrected chi connectivity index (χ1v) is 34.6. The molecule has 2 aromatic rings. The fourth-order valence-electron chi connectivity index (χ4n) is 15.7. The Morgan fingerprint density at radius 2 is 1.54 bits per heavy atom. The molecule has 523 valence electrons. The van der Waals surface area contributed by atoms with Crippen molar-refractivity contribution in [1.82, 2.24) is 51.1 Å². The summed E-state index contributed by atoms with van der Waals surface area (Å²) in [6.07, 6.45) is 10.4. The van der Waals surface area contributed by atoms with Crippen molar-refractivity contribution in [1.29, 1.82) is 0 Å². The molecule has 2 unspecified atom stereocenters. The van der Waals surface area contributed by atoms with Gasteiger partial charge in [-0.1, -0.05) is 45.6 Å². The summed E-state index contributed by atoms with van der Waals surface area (Å²) >= 11 is 4.97. The van der Waals surface area contributed by atoms with Crippen LogP contribution in [0.1, 0.15) is 149 Å². The standard InChI is InChI=1S/C67H100N10O15S.Tb/c1-36(2)57(73-55(80)15-10-9-12-23-77-35-48(74-75-77)40-31-70-66(93)71-32-40)65(83)72-47(14-11-13-22-76(6)7)64(82)69-34-56(81)68-33-42(79)28-53-58(84-8)46-27-41(78)26-44-17-19-50-59(87-44)63-62-61(89-50)60-54(90-62)30-67(91-60,92-63)21-20-45-25-38(4)49(85-45)18-16-43-24-37(3)39(5)51(86-43)29-52(46)88-53;/h31-32,35-37,42-47,49-54,57-63,79H,4-5,9-30,33-34H2,1-3,6-8H3,(H,68,81)(H,69,82)(H,72,83)(H,73,80)(H,70,71,93);/p-1/t37-,42+,43+,44-,45+,46+,47+,49?,50+,51-,52+,53-,54?,57+,58-,59+,60+,61+,62-,63+,67+;/m1./s1. The number of rotatable bonds is 24. The zero-order valence-electron chi connectivity index (χ0n) is 55.3. The second kappa shape index (κ2) is 33.0. The van der Waals surface area contributed by atoms with Gasteiger partial charge in [-0.25, -0.2) is 0 Å². The molecule has 10 fully saturated rings. The maximum atomic E-state index is 14.6. The van der Waals surface area contributed by atoms with Crippen molar-refractivity contribution in [3.05, 3.63) is 42.9 Å². The minimum Gasteiger partial charge on any atom is -0.740 e. The van der Waals surface area contributed by atoms with Crippen molar-refractivity contribution >= 4 is 42.0 Å². The van der Waals surface area contributed by atoms with Gasteiger partial charge in [0.05, 0.1) is 79.9 Å². The third-order valence-electron chi connectivity index (χ3n) is 20.7. The number of aromatic nitrogens is 5. The number of fused-ring (bicyclic) bond motifs is 6. The first-order valence-electron chi connectivity index (χ1n) is 34.2. The molecule has 4 amide bonds. The van der Waals surface area contributed by atoms with Gasteiger partial charge < -0.3 is 86.5 Å². The van der Waals surface area contributed by atoms with E-state index in [9.17, 15) is 29.1 Å². The molecule has 2 aromatic heterocycles. The van der Waals surface area contributed by atoms with Gasteiger partial charge in [-0.15, -0.1) is 5.10 Å². The molecular formula is C67H99N10O15STb-. The van der Waals surface area contributed by atoms with Gasteiger partial charge in [-0.05, 0) is 121 Å². The molecule has 10 aliphatic rings. The van der Waals surface area contributed by atoms with Crippen molar-refractivity contribution in [2.75, 3.05) is 40.8 Å². The van der Waals surface area contributed by atoms with E-state index in [-0.39, 0.29) is 161 Å². The molecule has 27 heteroatoms. The predicted octanol–water partition coefficient (Wildman–Crippen LogP) is 4.28. The van der Waals surface area contributed by atoms with Crippen LogP contribution in [0.15, 0.2) is 48.1 Å². The SMILES string of the molecule is C=C1C[C@@H]2CC[C@@]34CC5O[C@H]6[C@@H](O3)[C@H]3O[C@H](CC[C@@H]3O[C@H]6[C@H]5O4)CC(=O)C[C@@H]3[C@@H](OC)[C@@H](C[C@H](O)CNC(=O)CNC(=O)[C@H](CCCCN(C)C)NC(=O)[C@@H](NC(=O)CCCCCn4cc(-c5cnc([S-])nc5)nn4)C(C)C)O[C@H]3C[C@H]3O[C@@H](CCC1O2)C[C@@H](C)C3=C.[Tb]. The number of hydrogen-bond donors (Lipinski definition) is 5. The van der Waals surface area contributed by atoms with E-state index < -0.39 is 84.7 Å². The Kier molecular flexibility index (Phi) is 25.6. The summed E-state index contributed by atoms with van der Waals surface area (Å²) in [4.78, 5) is 79.2. The summed E-state index contributed by atoms with van der Waals surface area (Å²) in [5.41, 5.74) is 3.40. The van der Waals surface area contributed by atoms with E-state index in [1.54, 1.807) is 24.2 Å². The molecule has 12 rings (SSSR count). The molecule has 94 heavy (non-hydrogen) atoms. The number of unbranched alkanes of at least 4 members (excludes halogenated alkanes) is 3. The number of aryl methyl sites for hydroxylation is 1. The van der Waals surface area contributed by atoms with Gasteiger partial charge >= 0.3 is 0 Å². The van der Waals surface area contributed by atoms with Crippen LogP contribution >= 0.6 is 0 Å². The minimum absolute atomic E-state index is 0. The van der Waals surface area contributed by atoms with Gasteiger partial charge in [0.1, 0.15) is 54.1 Å². The topological polar surface area (TPSA) is 296 Å². The van der Waals surface area contributed by atoms with E-state index >= 15 is 0 Å². The number of ketones is 1. The van der Waals surface area contributed by atoms with Crippen LogP contribution in [0.2, 0.25) is 0 Å². The molecule has 25 nitrogen and oxygen atoms in total. The van der Waals surface area contributed by atoms with E-state index in [0.717, 1.165) is 69.1 Å². The summed E-state index contributed by atoms with van der Waals surface area (Å²) in [6, 6.07) is -1.91. The van der Waals surface area contributed by atoms with Gasteiger partial charge in [0.25, 0.3) is 0 Å². The number of nitrogens with one attached hydrogen (secondary N) is 4. The molecule has 0 aromatic carbocycles. The Bertz CT molecular complexity index is 2950. The third kappa shape index (κ3) is 18.0. The maximum absolute atomic E-state index is 14.6. The normalized spacial score (nSPS) is 34.6. The number of amides is 4. The Morgan fingerprint density at radius 3 is 2.32 bits per heavy atom. The van der Waals surface area contributed by atoms with Gasteiger partial charge in [-0.3, -0.25) is 38.6 Å². The van der Waals surface area contributed by atoms with Crippen LogP contribution in [0.5, 0.6) is 0 Å². The van der Waals surface area contributed by atoms with Gasteiger partial charge in [-0.2, -0.15) is 0 Å². The van der Waals surface area contributed by atoms with Crippen molar-refractivity contribution in [2.45, 2.75) is 276 Å². The molecule has 0 aliphatic carbocycles. The number of Topliss-reactive ketones (excluding diaryl/α,β-unsaturated/α-hetero) is 1. The molecule has 0 saturated carbocycles. The largest absolute Gasteiger partial charge is 0.740 e. The molecule has 12 heterocycles. The smallest absolute Gasteiger partial charge is 0.243 e. The number of hydrogen-bond acceptors (Lipinski definition) is 21. The molecule has 1 radical (unpaired) electrons. The van der Waals surface area contributed by atoms with Crippen LogP contribution in [-0.2, 0) is 85.8 Å². The number of ether oxygens (including phenoxy) is 9. The number of carbonyl (C=O) groups excluding carboxylic acids is 5. The molecule has 5 N–H and O–H groups in total. The average Bonchev–Trinajstić information content (AvgIpc) is 1.55. The zero-order chi connectivity index (χ0) is 65.7. The second-order valence-electron chi connectivity index (χ2n) is 28.3. The van der Waals surface area contributed by atoms with E-state index in [4.69, 9.17) is 55.3 Å². The second-order valence-corrected chi connectivity index (χ2v) is 28.7. The Hall–Kier alpha value is -3.68. The molecule has 12 bridgehead atoms. The number of aliphatic hydroxyl groups is 1. The predicted molar refractivity (Wildman–Crippen MR) is 339 cm³/mol. The van der Waals surface area contributed by atoms with Crippen molar-refractivity contribution in [2.24, 2.45) is 17.8 Å². The van der Waals surface area contributed by atoms with E-state index in [1.165, 1.54) is 0 Å². The number of nitrogens with zero attached hydrogens (tertiary/aromatic N) is 6. The number of aliphatic hydroxyl groups excluding tert-OH is 1.